The van der Waals surface area contributed by atoms with E-state index in [0.29, 0.717) is 4.48 Å². The number of nitro benzene ring substituents is 1. The summed E-state index contributed by atoms with van der Waals surface area (Å²) in [4.78, 5) is 22.2. The normalized spacial score (nSPS) is 11.4. The zero-order chi connectivity index (χ0) is 16.7. The van der Waals surface area contributed by atoms with Crippen molar-refractivity contribution in [3.8, 4) is 0 Å². The Bertz CT molecular complexity index is 773. The van der Waals surface area contributed by atoms with Crippen LogP contribution in [-0.2, 0) is 0 Å². The molecule has 2 aromatic rings. The molecule has 0 radical (unpaired) electrons. The molecular formula is C16H12BrN3O3. The number of allylic oxidation sites excluding steroid dienone is 1. The molecule has 2 rings (SSSR count). The van der Waals surface area contributed by atoms with E-state index in [4.69, 9.17) is 0 Å². The molecule has 1 amide bonds. The van der Waals surface area contributed by atoms with Crippen molar-refractivity contribution in [2.75, 3.05) is 0 Å². The first-order valence-corrected chi connectivity index (χ1v) is 7.36. The minimum atomic E-state index is -0.645. The molecule has 0 fully saturated rings. The fourth-order valence-electron chi connectivity index (χ4n) is 1.78. The van der Waals surface area contributed by atoms with E-state index in [2.05, 4.69) is 26.5 Å². The third-order valence-electron chi connectivity index (χ3n) is 2.80. The van der Waals surface area contributed by atoms with E-state index in [-0.39, 0.29) is 11.3 Å². The molecule has 0 heterocycles. The third kappa shape index (κ3) is 4.86. The number of hydrogen-bond acceptors (Lipinski definition) is 4. The summed E-state index contributed by atoms with van der Waals surface area (Å²) in [6, 6.07) is 15.2. The summed E-state index contributed by atoms with van der Waals surface area (Å²) in [6.07, 6.45) is 3.22. The summed E-state index contributed by atoms with van der Waals surface area (Å²) in [5.74, 6) is -0.645. The lowest BCUT2D eigenvalue weighted by Crippen LogP contribution is -2.18. The third-order valence-corrected chi connectivity index (χ3v) is 3.24. The van der Waals surface area contributed by atoms with Gasteiger partial charge in [-0.2, -0.15) is 5.10 Å². The van der Waals surface area contributed by atoms with Gasteiger partial charge in [0.2, 0.25) is 0 Å². The van der Waals surface area contributed by atoms with Gasteiger partial charge in [0.1, 0.15) is 5.56 Å². The second-order valence-electron chi connectivity index (χ2n) is 4.41. The SMILES string of the molecule is O=C(NN=C/C(Br)=C/c1ccccc1)c1ccccc1[N+](=O)[O-]. The van der Waals surface area contributed by atoms with Crippen molar-refractivity contribution < 1.29 is 9.72 Å². The summed E-state index contributed by atoms with van der Waals surface area (Å²) < 4.78 is 0.645. The van der Waals surface area contributed by atoms with Crippen LogP contribution in [0.5, 0.6) is 0 Å². The van der Waals surface area contributed by atoms with Crippen molar-refractivity contribution in [1.29, 1.82) is 0 Å². The molecule has 0 atom stereocenters. The van der Waals surface area contributed by atoms with Crippen LogP contribution >= 0.6 is 15.9 Å². The van der Waals surface area contributed by atoms with Gasteiger partial charge in [0.05, 0.1) is 11.1 Å². The van der Waals surface area contributed by atoms with Crippen LogP contribution in [0.1, 0.15) is 15.9 Å². The molecule has 0 unspecified atom stereocenters. The monoisotopic (exact) mass is 373 g/mol. The molecule has 0 aliphatic carbocycles. The molecule has 0 aromatic heterocycles. The number of halogens is 1. The number of rotatable bonds is 5. The number of hydrazone groups is 1. The van der Waals surface area contributed by atoms with Crippen LogP contribution in [0.2, 0.25) is 0 Å². The number of para-hydroxylation sites is 1. The molecule has 6 nitrogen and oxygen atoms in total. The second-order valence-corrected chi connectivity index (χ2v) is 5.33. The van der Waals surface area contributed by atoms with Crippen LogP contribution in [0.15, 0.2) is 64.2 Å². The molecule has 1 N–H and O–H groups in total. The van der Waals surface area contributed by atoms with Crippen LogP contribution in [0.4, 0.5) is 5.69 Å². The molecule has 0 bridgehead atoms. The zero-order valence-electron chi connectivity index (χ0n) is 11.8. The number of nitrogens with zero attached hydrogens (tertiary/aromatic N) is 2. The summed E-state index contributed by atoms with van der Waals surface area (Å²) in [6.45, 7) is 0. The summed E-state index contributed by atoms with van der Waals surface area (Å²) >= 11 is 3.31. The Kier molecular flexibility index (Phi) is 5.76. The Morgan fingerprint density at radius 3 is 2.48 bits per heavy atom. The maximum absolute atomic E-state index is 11.9. The molecule has 0 spiro atoms. The minimum Gasteiger partial charge on any atom is -0.267 e. The molecule has 7 heteroatoms. The van der Waals surface area contributed by atoms with Gasteiger partial charge in [-0.1, -0.05) is 42.5 Å². The van der Waals surface area contributed by atoms with Crippen molar-refractivity contribution in [1.82, 2.24) is 5.43 Å². The van der Waals surface area contributed by atoms with Gasteiger partial charge in [-0.15, -0.1) is 0 Å². The molecule has 0 saturated heterocycles. The molecule has 23 heavy (non-hydrogen) atoms. The number of nitrogens with one attached hydrogen (secondary N) is 1. The largest absolute Gasteiger partial charge is 0.282 e. The van der Waals surface area contributed by atoms with Gasteiger partial charge in [0, 0.05) is 10.5 Å². The van der Waals surface area contributed by atoms with Gasteiger partial charge in [-0.3, -0.25) is 14.9 Å². The van der Waals surface area contributed by atoms with E-state index in [1.54, 1.807) is 6.07 Å². The summed E-state index contributed by atoms with van der Waals surface area (Å²) in [5, 5.41) is 14.7. The van der Waals surface area contributed by atoms with Gasteiger partial charge >= 0.3 is 0 Å². The highest BCUT2D eigenvalue weighted by Crippen LogP contribution is 2.17. The molecule has 0 aliphatic heterocycles. The van der Waals surface area contributed by atoms with E-state index < -0.39 is 10.8 Å². The second kappa shape index (κ2) is 8.00. The minimum absolute atomic E-state index is 0.0437. The summed E-state index contributed by atoms with van der Waals surface area (Å²) in [7, 11) is 0. The Hall–Kier alpha value is -2.80. The molecule has 0 saturated carbocycles. The highest BCUT2D eigenvalue weighted by molar-refractivity contribution is 9.12. The lowest BCUT2D eigenvalue weighted by atomic mass is 10.2. The van der Waals surface area contributed by atoms with Crippen molar-refractivity contribution in [2.24, 2.45) is 5.10 Å². The number of benzene rings is 2. The van der Waals surface area contributed by atoms with Gasteiger partial charge in [0.15, 0.2) is 0 Å². The van der Waals surface area contributed by atoms with E-state index in [1.165, 1.54) is 24.4 Å². The smallest absolute Gasteiger partial charge is 0.267 e. The van der Waals surface area contributed by atoms with Crippen LogP contribution in [0.25, 0.3) is 6.08 Å². The average molecular weight is 374 g/mol. The quantitative estimate of drug-likeness (QED) is 0.492. The first kappa shape index (κ1) is 16.6. The summed E-state index contributed by atoms with van der Waals surface area (Å²) in [5.41, 5.74) is 2.93. The fraction of sp³-hybridized carbons (Fsp3) is 0. The topological polar surface area (TPSA) is 84.6 Å². The number of carbonyl (C=O) groups is 1. The van der Waals surface area contributed by atoms with E-state index in [1.807, 2.05) is 36.4 Å². The Morgan fingerprint density at radius 2 is 1.78 bits per heavy atom. The lowest BCUT2D eigenvalue weighted by molar-refractivity contribution is -0.385. The Balaban J connectivity index is 2.05. The van der Waals surface area contributed by atoms with Crippen molar-refractivity contribution in [2.45, 2.75) is 0 Å². The van der Waals surface area contributed by atoms with Crippen LogP contribution in [-0.4, -0.2) is 17.0 Å². The highest BCUT2D eigenvalue weighted by Gasteiger charge is 2.18. The van der Waals surface area contributed by atoms with Crippen LogP contribution < -0.4 is 5.43 Å². The van der Waals surface area contributed by atoms with Crippen LogP contribution in [0, 0.1) is 10.1 Å². The van der Waals surface area contributed by atoms with Gasteiger partial charge in [-0.25, -0.2) is 5.43 Å². The van der Waals surface area contributed by atoms with E-state index >= 15 is 0 Å². The standard InChI is InChI=1S/C16H12BrN3O3/c17-13(10-12-6-2-1-3-7-12)11-18-19-16(21)14-8-4-5-9-15(14)20(22)23/h1-11H,(H,19,21)/b13-10-,18-11?. The molecule has 116 valence electrons. The molecular weight excluding hydrogens is 362 g/mol. The first-order chi connectivity index (χ1) is 11.1. The van der Waals surface area contributed by atoms with Crippen molar-refractivity contribution in [3.05, 3.63) is 80.3 Å². The predicted molar refractivity (Wildman–Crippen MR) is 92.4 cm³/mol. The average Bonchev–Trinajstić information content (AvgIpc) is 2.55. The first-order valence-electron chi connectivity index (χ1n) is 6.57. The maximum Gasteiger partial charge on any atom is 0.282 e. The van der Waals surface area contributed by atoms with Crippen molar-refractivity contribution in [3.63, 3.8) is 0 Å². The van der Waals surface area contributed by atoms with Crippen LogP contribution in [0.3, 0.4) is 0 Å². The van der Waals surface area contributed by atoms with Gasteiger partial charge in [0.25, 0.3) is 11.6 Å². The Labute approximate surface area is 140 Å². The Morgan fingerprint density at radius 1 is 1.13 bits per heavy atom. The predicted octanol–water partition coefficient (Wildman–Crippen LogP) is 3.75. The lowest BCUT2D eigenvalue weighted by Gasteiger charge is -2.00. The number of nitro groups is 1. The maximum atomic E-state index is 11.9. The van der Waals surface area contributed by atoms with Gasteiger partial charge in [-0.05, 0) is 33.6 Å². The van der Waals surface area contributed by atoms with Crippen molar-refractivity contribution >= 4 is 39.8 Å². The van der Waals surface area contributed by atoms with Gasteiger partial charge < -0.3 is 0 Å². The number of hydrogen-bond donors (Lipinski definition) is 1. The number of carbonyl (C=O) groups excluding carboxylic acids is 1. The molecule has 0 aliphatic rings. The number of amides is 1. The molecule has 2 aromatic carbocycles. The highest BCUT2D eigenvalue weighted by atomic mass is 79.9. The van der Waals surface area contributed by atoms with E-state index in [0.717, 1.165) is 5.56 Å². The fourth-order valence-corrected chi connectivity index (χ4v) is 2.15. The van der Waals surface area contributed by atoms with E-state index in [9.17, 15) is 14.9 Å². The zero-order valence-corrected chi connectivity index (χ0v) is 13.4.